The number of anilines is 1. The van der Waals surface area contributed by atoms with Crippen molar-refractivity contribution in [3.63, 3.8) is 0 Å². The Morgan fingerprint density at radius 2 is 1.95 bits per heavy atom. The summed E-state index contributed by atoms with van der Waals surface area (Å²) in [5.41, 5.74) is 3.21. The lowest BCUT2D eigenvalue weighted by Crippen LogP contribution is -2.26. The van der Waals surface area contributed by atoms with Gasteiger partial charge in [-0.05, 0) is 29.8 Å². The summed E-state index contributed by atoms with van der Waals surface area (Å²) >= 11 is 0. The van der Waals surface area contributed by atoms with Gasteiger partial charge in [0, 0.05) is 32.2 Å². The summed E-state index contributed by atoms with van der Waals surface area (Å²) in [6.07, 6.45) is 4.52. The molecule has 106 valence electrons. The predicted octanol–water partition coefficient (Wildman–Crippen LogP) is 0.583. The SMILES string of the molecule is CN(Cc1ccncc1)S(=O)(=O)c1ccc(NN)nc1. The fourth-order valence-corrected chi connectivity index (χ4v) is 2.73. The molecule has 0 saturated heterocycles. The number of hydrogen-bond acceptors (Lipinski definition) is 6. The normalized spacial score (nSPS) is 11.6. The van der Waals surface area contributed by atoms with Gasteiger partial charge in [0.15, 0.2) is 0 Å². The van der Waals surface area contributed by atoms with Crippen LogP contribution in [0.1, 0.15) is 5.56 Å². The first-order chi connectivity index (χ1) is 9.54. The number of hydrogen-bond donors (Lipinski definition) is 2. The molecule has 0 amide bonds. The van der Waals surface area contributed by atoms with Gasteiger partial charge >= 0.3 is 0 Å². The molecular weight excluding hydrogens is 278 g/mol. The molecule has 0 bridgehead atoms. The van der Waals surface area contributed by atoms with E-state index >= 15 is 0 Å². The van der Waals surface area contributed by atoms with Gasteiger partial charge in [-0.3, -0.25) is 4.98 Å². The number of aromatic nitrogens is 2. The molecule has 2 aromatic heterocycles. The van der Waals surface area contributed by atoms with Crippen molar-refractivity contribution in [3.05, 3.63) is 48.4 Å². The van der Waals surface area contributed by atoms with Crippen LogP contribution in [0.3, 0.4) is 0 Å². The first kappa shape index (κ1) is 14.4. The van der Waals surface area contributed by atoms with E-state index in [2.05, 4.69) is 15.4 Å². The fraction of sp³-hybridized carbons (Fsp3) is 0.167. The first-order valence-corrected chi connectivity index (χ1v) is 7.26. The van der Waals surface area contributed by atoms with Crippen LogP contribution in [-0.4, -0.2) is 29.7 Å². The Morgan fingerprint density at radius 1 is 1.25 bits per heavy atom. The van der Waals surface area contributed by atoms with E-state index in [0.29, 0.717) is 5.82 Å². The Morgan fingerprint density at radius 3 is 2.50 bits per heavy atom. The molecule has 0 aromatic carbocycles. The molecule has 0 atom stereocenters. The van der Waals surface area contributed by atoms with Gasteiger partial charge in [-0.2, -0.15) is 4.31 Å². The molecule has 3 N–H and O–H groups in total. The molecule has 2 aromatic rings. The summed E-state index contributed by atoms with van der Waals surface area (Å²) in [6, 6.07) is 6.51. The van der Waals surface area contributed by atoms with E-state index in [1.165, 1.54) is 29.7 Å². The third-order valence-electron chi connectivity index (χ3n) is 2.75. The number of nitrogen functional groups attached to an aromatic ring is 1. The van der Waals surface area contributed by atoms with Crippen LogP contribution in [0, 0.1) is 0 Å². The standard InChI is InChI=1S/C12H15N5O2S/c1-17(9-10-4-6-14-7-5-10)20(18,19)11-2-3-12(16-13)15-8-11/h2-8H,9,13H2,1H3,(H,15,16). The van der Waals surface area contributed by atoms with Gasteiger partial charge in [-0.25, -0.2) is 19.2 Å². The molecule has 8 heteroatoms. The minimum Gasteiger partial charge on any atom is -0.308 e. The highest BCUT2D eigenvalue weighted by Gasteiger charge is 2.21. The minimum atomic E-state index is -3.58. The van der Waals surface area contributed by atoms with E-state index in [9.17, 15) is 8.42 Å². The Balaban J connectivity index is 2.20. The maximum Gasteiger partial charge on any atom is 0.244 e. The average molecular weight is 293 g/mol. The molecule has 0 radical (unpaired) electrons. The molecule has 0 aliphatic heterocycles. The number of nitrogens with one attached hydrogen (secondary N) is 1. The second-order valence-corrected chi connectivity index (χ2v) is 6.18. The van der Waals surface area contributed by atoms with E-state index < -0.39 is 10.0 Å². The Hall–Kier alpha value is -2.03. The van der Waals surface area contributed by atoms with Crippen LogP contribution in [0.4, 0.5) is 5.82 Å². The molecule has 0 saturated carbocycles. The Bertz CT molecular complexity index is 658. The summed E-state index contributed by atoms with van der Waals surface area (Å²) in [5, 5.41) is 0. The van der Waals surface area contributed by atoms with Gasteiger partial charge in [0.25, 0.3) is 0 Å². The molecule has 20 heavy (non-hydrogen) atoms. The minimum absolute atomic E-state index is 0.119. The summed E-state index contributed by atoms with van der Waals surface area (Å²) in [4.78, 5) is 7.91. The van der Waals surface area contributed by atoms with Crippen LogP contribution in [0.15, 0.2) is 47.8 Å². The van der Waals surface area contributed by atoms with Gasteiger partial charge in [0.2, 0.25) is 10.0 Å². The number of nitrogens with two attached hydrogens (primary N) is 1. The highest BCUT2D eigenvalue weighted by molar-refractivity contribution is 7.89. The Labute approximate surface area is 117 Å². The van der Waals surface area contributed by atoms with E-state index in [1.807, 2.05) is 0 Å². The van der Waals surface area contributed by atoms with Crippen molar-refractivity contribution >= 4 is 15.8 Å². The topological polar surface area (TPSA) is 101 Å². The molecule has 0 aliphatic carbocycles. The molecule has 7 nitrogen and oxygen atoms in total. The van der Waals surface area contributed by atoms with Gasteiger partial charge in [0.05, 0.1) is 0 Å². The molecule has 2 heterocycles. The highest BCUT2D eigenvalue weighted by atomic mass is 32.2. The summed E-state index contributed by atoms with van der Waals surface area (Å²) < 4.78 is 26.0. The van der Waals surface area contributed by atoms with Crippen LogP contribution in [0.5, 0.6) is 0 Å². The van der Waals surface area contributed by atoms with Gasteiger partial charge < -0.3 is 5.43 Å². The first-order valence-electron chi connectivity index (χ1n) is 5.82. The van der Waals surface area contributed by atoms with E-state index in [1.54, 1.807) is 24.5 Å². The molecular formula is C12H15N5O2S. The third-order valence-corrected chi connectivity index (χ3v) is 4.53. The van der Waals surface area contributed by atoms with E-state index in [0.717, 1.165) is 5.56 Å². The quantitative estimate of drug-likeness (QED) is 0.618. The number of hydrazine groups is 1. The predicted molar refractivity (Wildman–Crippen MR) is 74.9 cm³/mol. The largest absolute Gasteiger partial charge is 0.308 e. The molecule has 0 unspecified atom stereocenters. The number of rotatable bonds is 5. The lowest BCUT2D eigenvalue weighted by atomic mass is 10.3. The molecule has 0 aliphatic rings. The highest BCUT2D eigenvalue weighted by Crippen LogP contribution is 2.16. The lowest BCUT2D eigenvalue weighted by molar-refractivity contribution is 0.466. The number of sulfonamides is 1. The maximum atomic E-state index is 12.4. The second-order valence-electron chi connectivity index (χ2n) is 4.14. The maximum absolute atomic E-state index is 12.4. The molecule has 2 rings (SSSR count). The van der Waals surface area contributed by atoms with Gasteiger partial charge in [-0.1, -0.05) is 0 Å². The van der Waals surface area contributed by atoms with Crippen molar-refractivity contribution in [1.29, 1.82) is 0 Å². The molecule has 0 fully saturated rings. The van der Waals surface area contributed by atoms with Crippen molar-refractivity contribution in [2.24, 2.45) is 5.84 Å². The van der Waals surface area contributed by atoms with Gasteiger partial charge in [0.1, 0.15) is 10.7 Å². The smallest absolute Gasteiger partial charge is 0.244 e. The van der Waals surface area contributed by atoms with Crippen LogP contribution < -0.4 is 11.3 Å². The van der Waals surface area contributed by atoms with Crippen molar-refractivity contribution in [2.45, 2.75) is 11.4 Å². The third kappa shape index (κ3) is 3.10. The van der Waals surface area contributed by atoms with Gasteiger partial charge in [-0.15, -0.1) is 0 Å². The molecule has 0 spiro atoms. The number of pyridine rings is 2. The monoisotopic (exact) mass is 293 g/mol. The zero-order valence-electron chi connectivity index (χ0n) is 10.9. The van der Waals surface area contributed by atoms with Crippen molar-refractivity contribution < 1.29 is 8.42 Å². The van der Waals surface area contributed by atoms with Crippen LogP contribution >= 0.6 is 0 Å². The zero-order valence-corrected chi connectivity index (χ0v) is 11.7. The lowest BCUT2D eigenvalue weighted by Gasteiger charge is -2.17. The number of nitrogens with zero attached hydrogens (tertiary/aromatic N) is 3. The van der Waals surface area contributed by atoms with Crippen molar-refractivity contribution in [2.75, 3.05) is 12.5 Å². The van der Waals surface area contributed by atoms with E-state index in [-0.39, 0.29) is 11.4 Å². The summed E-state index contributed by atoms with van der Waals surface area (Å²) in [5.74, 6) is 5.60. The fourth-order valence-electron chi connectivity index (χ4n) is 1.63. The van der Waals surface area contributed by atoms with Crippen LogP contribution in [0.2, 0.25) is 0 Å². The Kier molecular flexibility index (Phi) is 4.28. The second kappa shape index (κ2) is 5.95. The van der Waals surface area contributed by atoms with Crippen molar-refractivity contribution in [3.8, 4) is 0 Å². The summed E-state index contributed by atoms with van der Waals surface area (Å²) in [7, 11) is -2.06. The average Bonchev–Trinajstić information content (AvgIpc) is 2.48. The van der Waals surface area contributed by atoms with E-state index in [4.69, 9.17) is 5.84 Å². The van der Waals surface area contributed by atoms with Crippen LogP contribution in [0.25, 0.3) is 0 Å². The van der Waals surface area contributed by atoms with Crippen molar-refractivity contribution in [1.82, 2.24) is 14.3 Å². The zero-order chi connectivity index (χ0) is 14.6. The van der Waals surface area contributed by atoms with Crippen LogP contribution in [-0.2, 0) is 16.6 Å². The summed E-state index contributed by atoms with van der Waals surface area (Å²) in [6.45, 7) is 0.266.